The number of nitrogens with one attached hydrogen (secondary N) is 1. The molecule has 8 nitrogen and oxygen atoms in total. The summed E-state index contributed by atoms with van der Waals surface area (Å²) in [5, 5.41) is 9.69. The van der Waals surface area contributed by atoms with Crippen LogP contribution in [0.5, 0.6) is 0 Å². The van der Waals surface area contributed by atoms with Gasteiger partial charge in [0.05, 0.1) is 0 Å². The lowest BCUT2D eigenvalue weighted by atomic mass is 10.0. The minimum Gasteiger partial charge on any atom is -0.396 e. The fourth-order valence-electron chi connectivity index (χ4n) is 3.23. The molecule has 0 amide bonds. The standard InChI is InChI=1S/C17H21ClN4O4/c1-2-20-14-13(15(24)21(17(20)26)8-3-9-23)22(16(25)19-14)10-11-4-6-12(18)7-5-11/h4,6-7,11,23H,2-3,5,8-10H2,1H3,(H,19,25). The molecule has 2 heterocycles. The summed E-state index contributed by atoms with van der Waals surface area (Å²) in [6, 6.07) is 0. The third-order valence-electron chi connectivity index (χ3n) is 4.56. The van der Waals surface area contributed by atoms with E-state index in [2.05, 4.69) is 4.98 Å². The third-order valence-corrected chi connectivity index (χ3v) is 4.84. The highest BCUT2D eigenvalue weighted by atomic mass is 35.5. The molecule has 2 aromatic heterocycles. The first-order valence-corrected chi connectivity index (χ1v) is 8.96. The molecule has 2 N–H and O–H groups in total. The molecule has 26 heavy (non-hydrogen) atoms. The molecule has 1 unspecified atom stereocenters. The molecule has 0 fully saturated rings. The van der Waals surface area contributed by atoms with Gasteiger partial charge in [-0.1, -0.05) is 23.8 Å². The summed E-state index contributed by atoms with van der Waals surface area (Å²) >= 11 is 5.93. The van der Waals surface area contributed by atoms with Crippen LogP contribution in [-0.4, -0.2) is 30.4 Å². The number of aliphatic hydroxyl groups is 1. The van der Waals surface area contributed by atoms with Gasteiger partial charge in [-0.15, -0.1) is 0 Å². The number of H-pyrrole nitrogens is 1. The van der Waals surface area contributed by atoms with Crippen LogP contribution in [0, 0.1) is 5.92 Å². The lowest BCUT2D eigenvalue weighted by molar-refractivity contribution is 0.277. The molecular weight excluding hydrogens is 360 g/mol. The number of aliphatic hydroxyl groups excluding tert-OH is 1. The van der Waals surface area contributed by atoms with E-state index in [0.717, 1.165) is 4.57 Å². The number of allylic oxidation sites excluding steroid dienone is 4. The quantitative estimate of drug-likeness (QED) is 0.772. The number of nitrogens with zero attached hydrogens (tertiary/aromatic N) is 3. The minimum absolute atomic E-state index is 0.0292. The van der Waals surface area contributed by atoms with Crippen LogP contribution in [0.3, 0.4) is 0 Å². The van der Waals surface area contributed by atoms with E-state index in [1.54, 1.807) is 13.0 Å². The van der Waals surface area contributed by atoms with E-state index in [-0.39, 0.29) is 36.7 Å². The van der Waals surface area contributed by atoms with Crippen LogP contribution >= 0.6 is 11.6 Å². The summed E-state index contributed by atoms with van der Waals surface area (Å²) in [7, 11) is 0. The van der Waals surface area contributed by atoms with Crippen molar-refractivity contribution < 1.29 is 5.11 Å². The van der Waals surface area contributed by atoms with Crippen molar-refractivity contribution >= 4 is 22.8 Å². The number of hydrogen-bond donors (Lipinski definition) is 2. The fraction of sp³-hybridized carbons (Fsp3) is 0.471. The maximum atomic E-state index is 12.9. The molecule has 3 rings (SSSR count). The number of rotatable bonds is 6. The van der Waals surface area contributed by atoms with Crippen LogP contribution in [0.1, 0.15) is 19.8 Å². The van der Waals surface area contributed by atoms with Crippen LogP contribution in [0.4, 0.5) is 0 Å². The minimum atomic E-state index is -0.519. The Kier molecular flexibility index (Phi) is 5.33. The van der Waals surface area contributed by atoms with Gasteiger partial charge in [-0.2, -0.15) is 0 Å². The maximum absolute atomic E-state index is 12.9. The van der Waals surface area contributed by atoms with Crippen LogP contribution in [0.15, 0.2) is 37.6 Å². The van der Waals surface area contributed by atoms with Gasteiger partial charge in [0, 0.05) is 31.3 Å². The molecule has 1 atom stereocenters. The Labute approximate surface area is 153 Å². The number of fused-ring (bicyclic) bond motifs is 1. The Morgan fingerprint density at radius 2 is 2.04 bits per heavy atom. The number of aromatic nitrogens is 4. The molecule has 0 bridgehead atoms. The Hall–Kier alpha value is -2.32. The molecular formula is C17H21ClN4O4. The Balaban J connectivity index is 2.17. The fourth-order valence-corrected chi connectivity index (χ4v) is 3.39. The Bertz CT molecular complexity index is 1050. The largest absolute Gasteiger partial charge is 0.396 e. The highest BCUT2D eigenvalue weighted by Crippen LogP contribution is 2.20. The predicted molar refractivity (Wildman–Crippen MR) is 99.6 cm³/mol. The van der Waals surface area contributed by atoms with E-state index in [0.29, 0.717) is 24.5 Å². The molecule has 0 aromatic carbocycles. The predicted octanol–water partition coefficient (Wildman–Crippen LogP) is 0.754. The van der Waals surface area contributed by atoms with Gasteiger partial charge in [0.25, 0.3) is 5.56 Å². The normalized spacial score (nSPS) is 17.0. The highest BCUT2D eigenvalue weighted by molar-refractivity contribution is 6.31. The molecule has 1 aliphatic rings. The molecule has 140 valence electrons. The van der Waals surface area contributed by atoms with Crippen LogP contribution in [-0.2, 0) is 19.6 Å². The van der Waals surface area contributed by atoms with E-state index in [4.69, 9.17) is 16.7 Å². The molecule has 0 aliphatic heterocycles. The number of halogens is 1. The third kappa shape index (κ3) is 3.22. The molecule has 0 saturated heterocycles. The van der Waals surface area contributed by atoms with Gasteiger partial charge >= 0.3 is 11.4 Å². The van der Waals surface area contributed by atoms with E-state index < -0.39 is 16.9 Å². The van der Waals surface area contributed by atoms with Crippen molar-refractivity contribution in [2.75, 3.05) is 6.61 Å². The average Bonchev–Trinajstić information content (AvgIpc) is 2.93. The summed E-state index contributed by atoms with van der Waals surface area (Å²) in [4.78, 5) is 40.6. The summed E-state index contributed by atoms with van der Waals surface area (Å²) in [6.07, 6.45) is 6.51. The second-order valence-corrected chi connectivity index (χ2v) is 6.68. The first kappa shape index (κ1) is 18.5. The van der Waals surface area contributed by atoms with Gasteiger partial charge in [-0.3, -0.25) is 23.5 Å². The lowest BCUT2D eigenvalue weighted by Gasteiger charge is -2.15. The number of imidazole rings is 1. The Morgan fingerprint density at radius 3 is 2.65 bits per heavy atom. The van der Waals surface area contributed by atoms with Gasteiger partial charge in [0.2, 0.25) is 0 Å². The summed E-state index contributed by atoms with van der Waals surface area (Å²) in [6.45, 7) is 2.37. The maximum Gasteiger partial charge on any atom is 0.332 e. The Morgan fingerprint density at radius 1 is 1.27 bits per heavy atom. The number of hydrogen-bond acceptors (Lipinski definition) is 4. The van der Waals surface area contributed by atoms with E-state index in [9.17, 15) is 14.4 Å². The molecule has 0 spiro atoms. The van der Waals surface area contributed by atoms with Crippen molar-refractivity contribution in [2.24, 2.45) is 5.92 Å². The molecule has 0 radical (unpaired) electrons. The number of aromatic amines is 1. The second-order valence-electron chi connectivity index (χ2n) is 6.24. The number of aryl methyl sites for hydroxylation is 1. The summed E-state index contributed by atoms with van der Waals surface area (Å²) in [5.41, 5.74) is -1.01. The molecule has 9 heteroatoms. The van der Waals surface area contributed by atoms with Gasteiger partial charge < -0.3 is 5.11 Å². The zero-order valence-electron chi connectivity index (χ0n) is 14.4. The second kappa shape index (κ2) is 7.51. The first-order chi connectivity index (χ1) is 12.5. The van der Waals surface area contributed by atoms with Crippen molar-refractivity contribution in [3.8, 4) is 0 Å². The van der Waals surface area contributed by atoms with Crippen LogP contribution in [0.2, 0.25) is 0 Å². The SMILES string of the molecule is CCn1c(=O)n(CCCO)c(=O)c2c1[nH]c(=O)n2CC1C=CC(Cl)=CC1. The topological polar surface area (TPSA) is 102 Å². The zero-order valence-corrected chi connectivity index (χ0v) is 15.2. The van der Waals surface area contributed by atoms with Gasteiger partial charge in [0.15, 0.2) is 5.52 Å². The smallest absolute Gasteiger partial charge is 0.332 e. The summed E-state index contributed by atoms with van der Waals surface area (Å²) < 4.78 is 3.85. The van der Waals surface area contributed by atoms with Gasteiger partial charge in [0.1, 0.15) is 5.65 Å². The zero-order chi connectivity index (χ0) is 18.8. The lowest BCUT2D eigenvalue weighted by Crippen LogP contribution is -2.41. The molecule has 2 aromatic rings. The van der Waals surface area contributed by atoms with Crippen molar-refractivity contribution in [3.05, 3.63) is 54.6 Å². The highest BCUT2D eigenvalue weighted by Gasteiger charge is 2.20. The summed E-state index contributed by atoms with van der Waals surface area (Å²) in [5.74, 6) is 0.0292. The van der Waals surface area contributed by atoms with E-state index in [1.807, 2.05) is 12.2 Å². The molecule has 1 aliphatic carbocycles. The van der Waals surface area contributed by atoms with Crippen molar-refractivity contribution in [1.29, 1.82) is 0 Å². The van der Waals surface area contributed by atoms with Crippen LogP contribution < -0.4 is 16.9 Å². The van der Waals surface area contributed by atoms with Crippen molar-refractivity contribution in [3.63, 3.8) is 0 Å². The van der Waals surface area contributed by atoms with Crippen molar-refractivity contribution in [1.82, 2.24) is 18.7 Å². The van der Waals surface area contributed by atoms with E-state index in [1.165, 1.54) is 9.13 Å². The monoisotopic (exact) mass is 380 g/mol. The van der Waals surface area contributed by atoms with Gasteiger partial charge in [-0.25, -0.2) is 9.59 Å². The molecule has 0 saturated carbocycles. The first-order valence-electron chi connectivity index (χ1n) is 8.58. The van der Waals surface area contributed by atoms with E-state index >= 15 is 0 Å². The van der Waals surface area contributed by atoms with Gasteiger partial charge in [-0.05, 0) is 31.8 Å². The van der Waals surface area contributed by atoms with Crippen molar-refractivity contribution in [2.45, 2.75) is 39.4 Å². The van der Waals surface area contributed by atoms with Crippen LogP contribution in [0.25, 0.3) is 11.2 Å². The average molecular weight is 381 g/mol.